The number of amides is 5. The first-order valence-corrected chi connectivity index (χ1v) is 11.2. The summed E-state index contributed by atoms with van der Waals surface area (Å²) < 4.78 is 0. The highest BCUT2D eigenvalue weighted by Gasteiger charge is 2.47. The predicted molar refractivity (Wildman–Crippen MR) is 127 cm³/mol. The quantitative estimate of drug-likeness (QED) is 0.0753. The maximum Gasteiger partial charge on any atom is 0.344 e. The molecule has 5 amide bonds. The Morgan fingerprint density at radius 2 is 1.81 bits per heavy atom. The van der Waals surface area contributed by atoms with Crippen LogP contribution in [0.3, 0.4) is 0 Å². The molecule has 15 heteroatoms. The third kappa shape index (κ3) is 7.91. The summed E-state index contributed by atoms with van der Waals surface area (Å²) in [4.78, 5) is 78.3. The van der Waals surface area contributed by atoms with Gasteiger partial charge in [0.25, 0.3) is 5.91 Å². The Kier molecular flexibility index (Phi) is 9.92. The summed E-state index contributed by atoms with van der Waals surface area (Å²) in [6.45, 7) is 1.11. The van der Waals surface area contributed by atoms with Gasteiger partial charge >= 0.3 is 18.0 Å². The second-order valence-electron chi connectivity index (χ2n) is 8.17. The van der Waals surface area contributed by atoms with Gasteiger partial charge in [0.15, 0.2) is 5.96 Å². The lowest BCUT2D eigenvalue weighted by Gasteiger charge is -2.34. The third-order valence-corrected chi connectivity index (χ3v) is 5.34. The number of aliphatic carboxylic acids is 2. The molecule has 0 unspecified atom stereocenters. The van der Waals surface area contributed by atoms with E-state index < -0.39 is 60.2 Å². The van der Waals surface area contributed by atoms with Gasteiger partial charge < -0.3 is 32.3 Å². The molecule has 0 spiro atoms. The van der Waals surface area contributed by atoms with Crippen molar-refractivity contribution in [2.24, 2.45) is 16.5 Å². The van der Waals surface area contributed by atoms with Crippen molar-refractivity contribution in [1.82, 2.24) is 20.7 Å². The molecule has 1 aromatic carbocycles. The van der Waals surface area contributed by atoms with Crippen LogP contribution in [-0.2, 0) is 30.4 Å². The topological polar surface area (TPSA) is 238 Å². The molecule has 1 fully saturated rings. The fourth-order valence-corrected chi connectivity index (χ4v) is 3.70. The van der Waals surface area contributed by atoms with Gasteiger partial charge in [-0.25, -0.2) is 14.6 Å². The lowest BCUT2D eigenvalue weighted by molar-refractivity contribution is -0.165. The highest BCUT2D eigenvalue weighted by Crippen LogP contribution is 2.19. The first kappa shape index (κ1) is 28.5. The minimum absolute atomic E-state index is 0.0948. The van der Waals surface area contributed by atoms with Gasteiger partial charge in [-0.05, 0) is 18.4 Å². The van der Waals surface area contributed by atoms with E-state index in [1.54, 1.807) is 30.3 Å². The Morgan fingerprint density at radius 3 is 2.35 bits per heavy atom. The predicted octanol–water partition coefficient (Wildman–Crippen LogP) is -1.62. The Morgan fingerprint density at radius 1 is 1.16 bits per heavy atom. The molecule has 2 rings (SSSR count). The number of rotatable bonds is 13. The molecule has 0 aromatic heterocycles. The maximum absolute atomic E-state index is 13.1. The number of urea groups is 1. The van der Waals surface area contributed by atoms with E-state index in [-0.39, 0.29) is 25.3 Å². The van der Waals surface area contributed by atoms with Crippen molar-refractivity contribution in [1.29, 1.82) is 0 Å². The van der Waals surface area contributed by atoms with E-state index in [4.69, 9.17) is 11.5 Å². The number of hydrazine groups is 1. The third-order valence-electron chi connectivity index (χ3n) is 5.34. The minimum atomic E-state index is -1.90. The molecule has 0 bridgehead atoms. The van der Waals surface area contributed by atoms with Crippen molar-refractivity contribution in [2.75, 3.05) is 6.54 Å². The van der Waals surface area contributed by atoms with Crippen molar-refractivity contribution in [3.63, 3.8) is 0 Å². The van der Waals surface area contributed by atoms with E-state index in [1.807, 2.05) is 0 Å². The van der Waals surface area contributed by atoms with Crippen LogP contribution in [0.5, 0.6) is 0 Å². The molecule has 1 heterocycles. The van der Waals surface area contributed by atoms with Crippen LogP contribution in [0.25, 0.3) is 0 Å². The number of hydrogen-bond donors (Lipinski definition) is 6. The van der Waals surface area contributed by atoms with Crippen LogP contribution in [0.2, 0.25) is 0 Å². The van der Waals surface area contributed by atoms with Crippen molar-refractivity contribution < 1.29 is 39.0 Å². The normalized spacial score (nSPS) is 16.4. The minimum Gasteiger partial charge on any atom is -0.481 e. The number of nitrogens with two attached hydrogens (primary N) is 2. The number of nitrogens with zero attached hydrogens (tertiary/aromatic N) is 3. The van der Waals surface area contributed by atoms with E-state index in [9.17, 15) is 39.0 Å². The summed E-state index contributed by atoms with van der Waals surface area (Å²) in [7, 11) is 0. The number of carboxylic acids is 2. The standard InChI is InChI=1S/C22H29N7O8/c1-12(30)28(29-19(34)14(27-22(29)37)8-5-9-25-21(23)24)16(11-17(31)32)18(33)26-15(20(35)36)10-13-6-3-2-4-7-13/h2-4,6-7,14-16H,5,8-11H2,1H3,(H,26,33)(H,27,37)(H,31,32)(H,35,36)(H4,23,24,25)/t14-,15-,16-/m0/s1. The van der Waals surface area contributed by atoms with Crippen LogP contribution in [0.15, 0.2) is 35.3 Å². The molecule has 200 valence electrons. The molecule has 1 aliphatic rings. The number of nitrogens with one attached hydrogen (secondary N) is 2. The smallest absolute Gasteiger partial charge is 0.344 e. The highest BCUT2D eigenvalue weighted by atomic mass is 16.4. The SMILES string of the molecule is CC(=O)N([C@@H](CC(=O)O)C(=O)N[C@@H](Cc1ccccc1)C(=O)O)N1C(=O)N[C@@H](CCCN=C(N)N)C1=O. The molecule has 8 N–H and O–H groups in total. The van der Waals surface area contributed by atoms with Gasteiger partial charge in [0.2, 0.25) is 11.8 Å². The highest BCUT2D eigenvalue weighted by molar-refractivity contribution is 6.06. The zero-order valence-electron chi connectivity index (χ0n) is 20.0. The van der Waals surface area contributed by atoms with Crippen LogP contribution in [-0.4, -0.2) is 86.6 Å². The van der Waals surface area contributed by atoms with Gasteiger partial charge in [0.05, 0.1) is 6.42 Å². The largest absolute Gasteiger partial charge is 0.481 e. The fourth-order valence-electron chi connectivity index (χ4n) is 3.70. The Hall–Kier alpha value is -4.69. The van der Waals surface area contributed by atoms with E-state index in [1.165, 1.54) is 0 Å². The summed E-state index contributed by atoms with van der Waals surface area (Å²) in [5, 5.41) is 24.4. The molecule has 0 aliphatic carbocycles. The number of benzene rings is 1. The summed E-state index contributed by atoms with van der Waals surface area (Å²) >= 11 is 0. The number of hydrogen-bond acceptors (Lipinski definition) is 7. The molecular weight excluding hydrogens is 490 g/mol. The fraction of sp³-hybridized carbons (Fsp3) is 0.409. The van der Waals surface area contributed by atoms with Crippen LogP contribution in [0.1, 0.15) is 31.7 Å². The zero-order chi connectivity index (χ0) is 27.7. The molecule has 0 saturated carbocycles. The molecule has 37 heavy (non-hydrogen) atoms. The maximum atomic E-state index is 13.1. The van der Waals surface area contributed by atoms with Gasteiger partial charge in [-0.2, -0.15) is 5.01 Å². The number of carbonyl (C=O) groups is 6. The summed E-state index contributed by atoms with van der Waals surface area (Å²) in [6.07, 6.45) is -0.753. The van der Waals surface area contributed by atoms with Crippen molar-refractivity contribution in [3.8, 4) is 0 Å². The molecule has 0 radical (unpaired) electrons. The van der Waals surface area contributed by atoms with Crippen LogP contribution >= 0.6 is 0 Å². The van der Waals surface area contributed by atoms with Crippen LogP contribution < -0.4 is 22.1 Å². The van der Waals surface area contributed by atoms with E-state index in [0.29, 0.717) is 22.0 Å². The lowest BCUT2D eigenvalue weighted by Crippen LogP contribution is -2.61. The summed E-state index contributed by atoms with van der Waals surface area (Å²) in [5.74, 6) is -6.13. The average Bonchev–Trinajstić information content (AvgIpc) is 3.09. The average molecular weight is 520 g/mol. The number of guanidine groups is 1. The Bertz CT molecular complexity index is 1070. The Labute approximate surface area is 211 Å². The zero-order valence-corrected chi connectivity index (χ0v) is 20.0. The van der Waals surface area contributed by atoms with E-state index in [0.717, 1.165) is 6.92 Å². The second kappa shape index (κ2) is 12.9. The van der Waals surface area contributed by atoms with E-state index in [2.05, 4.69) is 15.6 Å². The van der Waals surface area contributed by atoms with Gasteiger partial charge in [-0.1, -0.05) is 30.3 Å². The van der Waals surface area contributed by atoms with Gasteiger partial charge in [0.1, 0.15) is 18.1 Å². The molecule has 1 saturated heterocycles. The second-order valence-corrected chi connectivity index (χ2v) is 8.17. The van der Waals surface area contributed by atoms with Crippen molar-refractivity contribution in [3.05, 3.63) is 35.9 Å². The lowest BCUT2D eigenvalue weighted by atomic mass is 10.0. The number of aliphatic imine (C=N–C) groups is 1. The Balaban J connectivity index is 2.28. The monoisotopic (exact) mass is 519 g/mol. The number of imide groups is 1. The van der Waals surface area contributed by atoms with E-state index >= 15 is 0 Å². The van der Waals surface area contributed by atoms with Crippen molar-refractivity contribution in [2.45, 2.75) is 50.7 Å². The molecule has 15 nitrogen and oxygen atoms in total. The first-order valence-electron chi connectivity index (χ1n) is 11.2. The summed E-state index contributed by atoms with van der Waals surface area (Å²) in [5.41, 5.74) is 11.1. The van der Waals surface area contributed by atoms with Gasteiger partial charge in [-0.3, -0.25) is 24.2 Å². The number of carbonyl (C=O) groups excluding carboxylic acids is 4. The van der Waals surface area contributed by atoms with Crippen LogP contribution in [0.4, 0.5) is 4.79 Å². The van der Waals surface area contributed by atoms with Crippen molar-refractivity contribution >= 4 is 41.7 Å². The molecule has 1 aromatic rings. The molecular formula is C22H29N7O8. The molecule has 1 aliphatic heterocycles. The van der Waals surface area contributed by atoms with Gasteiger partial charge in [0, 0.05) is 19.9 Å². The first-order chi connectivity index (χ1) is 17.4. The number of carboxylic acid groups (broad SMARTS) is 2. The summed E-state index contributed by atoms with van der Waals surface area (Å²) in [6, 6.07) is 2.83. The van der Waals surface area contributed by atoms with Gasteiger partial charge in [-0.15, -0.1) is 0 Å². The molecule has 3 atom stereocenters. The van der Waals surface area contributed by atoms with Crippen LogP contribution in [0, 0.1) is 0 Å².